The molecule has 0 atom stereocenters. The molecule has 0 saturated carbocycles. The number of aryl methyl sites for hydroxylation is 1. The number of nitrogens with zero attached hydrogens (tertiary/aromatic N) is 2. The monoisotopic (exact) mass is 326 g/mol. The van der Waals surface area contributed by atoms with E-state index in [4.69, 9.17) is 0 Å². The van der Waals surface area contributed by atoms with Crippen LogP contribution >= 0.6 is 0 Å². The van der Waals surface area contributed by atoms with Gasteiger partial charge in [0.2, 0.25) is 5.91 Å². The van der Waals surface area contributed by atoms with Crippen LogP contribution in [0.15, 0.2) is 24.4 Å². The largest absolute Gasteiger partial charge is 0.344 e. The minimum Gasteiger partial charge on any atom is -0.344 e. The molecular weight excluding hydrogens is 304 g/mol. The Bertz CT molecular complexity index is 805. The third-order valence-corrected chi connectivity index (χ3v) is 5.10. The van der Waals surface area contributed by atoms with E-state index < -0.39 is 0 Å². The van der Waals surface area contributed by atoms with Gasteiger partial charge in [-0.2, -0.15) is 0 Å². The highest BCUT2D eigenvalue weighted by molar-refractivity contribution is 6.10. The predicted molar refractivity (Wildman–Crippen MR) is 93.3 cm³/mol. The second-order valence-electron chi connectivity index (χ2n) is 6.62. The summed E-state index contributed by atoms with van der Waals surface area (Å²) in [6, 6.07) is 6.48. The number of urea groups is 1. The summed E-state index contributed by atoms with van der Waals surface area (Å²) in [5.41, 5.74) is 3.13. The van der Waals surface area contributed by atoms with Crippen molar-refractivity contribution in [1.29, 1.82) is 0 Å². The van der Waals surface area contributed by atoms with E-state index in [1.54, 1.807) is 4.90 Å². The van der Waals surface area contributed by atoms with Crippen LogP contribution in [0.3, 0.4) is 0 Å². The molecule has 1 aromatic heterocycles. The second kappa shape index (κ2) is 5.94. The van der Waals surface area contributed by atoms with Crippen molar-refractivity contribution in [3.8, 4) is 0 Å². The summed E-state index contributed by atoms with van der Waals surface area (Å²) < 4.78 is 2.34. The first-order valence-electron chi connectivity index (χ1n) is 8.57. The summed E-state index contributed by atoms with van der Waals surface area (Å²) in [4.78, 5) is 25.4. The van der Waals surface area contributed by atoms with Crippen molar-refractivity contribution in [2.24, 2.45) is 0 Å². The van der Waals surface area contributed by atoms with Gasteiger partial charge in [0.25, 0.3) is 0 Å². The van der Waals surface area contributed by atoms with Crippen molar-refractivity contribution in [3.63, 3.8) is 0 Å². The van der Waals surface area contributed by atoms with E-state index in [1.807, 2.05) is 6.92 Å². The predicted octanol–water partition coefficient (Wildman–Crippen LogP) is 2.32. The number of hydrogen-bond acceptors (Lipinski definition) is 3. The molecule has 0 unspecified atom stereocenters. The highest BCUT2D eigenvalue weighted by atomic mass is 16.2. The minimum atomic E-state index is -0.323. The van der Waals surface area contributed by atoms with Gasteiger partial charge in [0.15, 0.2) is 0 Å². The Morgan fingerprint density at radius 2 is 1.92 bits per heavy atom. The minimum absolute atomic E-state index is 0.201. The van der Waals surface area contributed by atoms with Crippen LogP contribution < -0.4 is 15.5 Å². The lowest BCUT2D eigenvalue weighted by molar-refractivity contribution is -0.120. The van der Waals surface area contributed by atoms with Gasteiger partial charge in [-0.25, -0.2) is 4.79 Å². The third-order valence-electron chi connectivity index (χ3n) is 5.10. The van der Waals surface area contributed by atoms with Gasteiger partial charge in [-0.3, -0.25) is 15.0 Å². The molecule has 2 saturated heterocycles. The van der Waals surface area contributed by atoms with Gasteiger partial charge in [0.1, 0.15) is 0 Å². The smallest absolute Gasteiger partial charge is 0.328 e. The Hall–Kier alpha value is -2.34. The van der Waals surface area contributed by atoms with E-state index >= 15 is 0 Å². The maximum absolute atomic E-state index is 12.3. The molecule has 1 aromatic carbocycles. The highest BCUT2D eigenvalue weighted by Crippen LogP contribution is 2.35. The molecular formula is C18H22N4O2. The molecule has 24 heavy (non-hydrogen) atoms. The number of piperidine rings is 1. The van der Waals surface area contributed by atoms with E-state index in [0.29, 0.717) is 19.0 Å². The van der Waals surface area contributed by atoms with E-state index in [0.717, 1.165) is 48.1 Å². The van der Waals surface area contributed by atoms with Crippen molar-refractivity contribution in [2.45, 2.75) is 32.2 Å². The third kappa shape index (κ3) is 2.47. The molecule has 0 bridgehead atoms. The Morgan fingerprint density at radius 3 is 2.67 bits per heavy atom. The fraction of sp³-hybridized carbons (Fsp3) is 0.444. The van der Waals surface area contributed by atoms with Crippen LogP contribution in [0.5, 0.6) is 0 Å². The van der Waals surface area contributed by atoms with Gasteiger partial charge in [0, 0.05) is 30.6 Å². The Balaban J connectivity index is 1.78. The van der Waals surface area contributed by atoms with Crippen molar-refractivity contribution in [3.05, 3.63) is 30.0 Å². The highest BCUT2D eigenvalue weighted by Gasteiger charge is 2.27. The molecule has 0 aliphatic carbocycles. The van der Waals surface area contributed by atoms with Gasteiger partial charge in [-0.1, -0.05) is 6.07 Å². The van der Waals surface area contributed by atoms with Gasteiger partial charge < -0.3 is 9.88 Å². The normalized spacial score (nSPS) is 19.8. The maximum atomic E-state index is 12.3. The molecule has 0 radical (unpaired) electrons. The lowest BCUT2D eigenvalue weighted by Gasteiger charge is -2.29. The number of rotatable bonds is 2. The van der Waals surface area contributed by atoms with Gasteiger partial charge in [-0.05, 0) is 50.6 Å². The van der Waals surface area contributed by atoms with E-state index in [-0.39, 0.29) is 11.9 Å². The number of aromatic nitrogens is 1. The fourth-order valence-electron chi connectivity index (χ4n) is 3.87. The van der Waals surface area contributed by atoms with Crippen LogP contribution in [0.25, 0.3) is 10.9 Å². The number of carbonyl (C=O) groups is 2. The molecule has 2 aromatic rings. The van der Waals surface area contributed by atoms with Crippen LogP contribution in [0.2, 0.25) is 0 Å². The molecule has 3 heterocycles. The van der Waals surface area contributed by atoms with Crippen LogP contribution in [-0.2, 0) is 4.79 Å². The summed E-state index contributed by atoms with van der Waals surface area (Å²) in [5.74, 6) is -0.201. The van der Waals surface area contributed by atoms with E-state index in [2.05, 4.69) is 39.6 Å². The lowest BCUT2D eigenvalue weighted by Crippen LogP contribution is -2.49. The average molecular weight is 326 g/mol. The number of carbonyl (C=O) groups excluding carboxylic acids is 2. The van der Waals surface area contributed by atoms with E-state index in [9.17, 15) is 9.59 Å². The number of amides is 3. The quantitative estimate of drug-likeness (QED) is 0.890. The molecule has 2 fully saturated rings. The van der Waals surface area contributed by atoms with Crippen molar-refractivity contribution < 1.29 is 9.59 Å². The standard InChI is InChI=1S/C18H22N4O2/c1-12-2-3-15-14(6-10-21(15)13-4-8-19-9-5-13)17(12)22-11-7-16(23)20-18(22)24/h2-3,6,10,13,19H,4-5,7-9,11H2,1H3,(H,20,23,24). The van der Waals surface area contributed by atoms with Crippen molar-refractivity contribution in [2.75, 3.05) is 24.5 Å². The maximum Gasteiger partial charge on any atom is 0.328 e. The summed E-state index contributed by atoms with van der Waals surface area (Å²) in [6.45, 7) is 4.53. The molecule has 0 spiro atoms. The zero-order valence-electron chi connectivity index (χ0n) is 13.8. The molecule has 126 valence electrons. The molecule has 6 nitrogen and oxygen atoms in total. The van der Waals surface area contributed by atoms with Gasteiger partial charge >= 0.3 is 6.03 Å². The molecule has 3 amide bonds. The molecule has 2 aliphatic rings. The number of anilines is 1. The lowest BCUT2D eigenvalue weighted by atomic mass is 10.1. The van der Waals surface area contributed by atoms with Crippen LogP contribution in [0.1, 0.15) is 30.9 Å². The van der Waals surface area contributed by atoms with Gasteiger partial charge in [0.05, 0.1) is 11.2 Å². The summed E-state index contributed by atoms with van der Waals surface area (Å²) in [5, 5.41) is 6.90. The number of imide groups is 1. The van der Waals surface area contributed by atoms with Crippen LogP contribution in [0, 0.1) is 6.92 Å². The van der Waals surface area contributed by atoms with E-state index in [1.165, 1.54) is 0 Å². The van der Waals surface area contributed by atoms with Crippen LogP contribution in [-0.4, -0.2) is 36.1 Å². The fourth-order valence-corrected chi connectivity index (χ4v) is 3.87. The molecule has 6 heteroatoms. The Kier molecular flexibility index (Phi) is 3.76. The first kappa shape index (κ1) is 15.2. The first-order valence-corrected chi connectivity index (χ1v) is 8.57. The second-order valence-corrected chi connectivity index (χ2v) is 6.62. The Morgan fingerprint density at radius 1 is 1.12 bits per heavy atom. The molecule has 2 N–H and O–H groups in total. The number of hydrogen-bond donors (Lipinski definition) is 2. The van der Waals surface area contributed by atoms with Crippen LogP contribution in [0.4, 0.5) is 10.5 Å². The zero-order valence-corrected chi connectivity index (χ0v) is 13.8. The first-order chi connectivity index (χ1) is 11.6. The number of nitrogens with one attached hydrogen (secondary N) is 2. The molecule has 2 aliphatic heterocycles. The Labute approximate surface area is 140 Å². The number of fused-ring (bicyclic) bond motifs is 1. The summed E-state index contributed by atoms with van der Waals surface area (Å²) in [6.07, 6.45) is 4.71. The number of benzene rings is 1. The van der Waals surface area contributed by atoms with Crippen molar-refractivity contribution in [1.82, 2.24) is 15.2 Å². The zero-order chi connectivity index (χ0) is 16.7. The van der Waals surface area contributed by atoms with Crippen molar-refractivity contribution >= 4 is 28.5 Å². The average Bonchev–Trinajstić information content (AvgIpc) is 3.00. The summed E-state index contributed by atoms with van der Waals surface area (Å²) >= 11 is 0. The SMILES string of the molecule is Cc1ccc2c(ccn2C2CCNCC2)c1N1CCC(=O)NC1=O. The summed E-state index contributed by atoms with van der Waals surface area (Å²) in [7, 11) is 0. The topological polar surface area (TPSA) is 66.4 Å². The van der Waals surface area contributed by atoms with Gasteiger partial charge in [-0.15, -0.1) is 0 Å². The molecule has 4 rings (SSSR count).